The van der Waals surface area contributed by atoms with Crippen molar-refractivity contribution < 1.29 is 17.6 Å². The van der Waals surface area contributed by atoms with Crippen LogP contribution in [0.3, 0.4) is 0 Å². The van der Waals surface area contributed by atoms with E-state index in [0.717, 1.165) is 4.31 Å². The van der Waals surface area contributed by atoms with Crippen molar-refractivity contribution in [3.8, 4) is 0 Å². The Morgan fingerprint density at radius 1 is 0.862 bits per heavy atom. The van der Waals surface area contributed by atoms with Gasteiger partial charge in [-0.15, -0.1) is 0 Å². The predicted molar refractivity (Wildman–Crippen MR) is 110 cm³/mol. The first-order valence-corrected chi connectivity index (χ1v) is 10.4. The zero-order valence-electron chi connectivity index (χ0n) is 15.9. The fourth-order valence-electron chi connectivity index (χ4n) is 2.81. The van der Waals surface area contributed by atoms with Crippen LogP contribution in [0.5, 0.6) is 0 Å². The van der Waals surface area contributed by atoms with Crippen molar-refractivity contribution in [3.05, 3.63) is 96.3 Å². The third-order valence-corrected chi connectivity index (χ3v) is 6.29. The number of carbonyl (C=O) groups excluding carboxylic acids is 1. The molecule has 3 aromatic rings. The van der Waals surface area contributed by atoms with Crippen molar-refractivity contribution >= 4 is 21.6 Å². The number of halogens is 1. The summed E-state index contributed by atoms with van der Waals surface area (Å²) in [6, 6.07) is 22.5. The van der Waals surface area contributed by atoms with E-state index in [2.05, 4.69) is 0 Å². The molecule has 0 heterocycles. The second-order valence-electron chi connectivity index (χ2n) is 6.50. The van der Waals surface area contributed by atoms with Gasteiger partial charge in [-0.1, -0.05) is 48.5 Å². The lowest BCUT2D eigenvalue weighted by atomic mass is 10.2. The lowest BCUT2D eigenvalue weighted by Crippen LogP contribution is -2.41. The molecule has 0 atom stereocenters. The zero-order valence-corrected chi connectivity index (χ0v) is 16.7. The van der Waals surface area contributed by atoms with Crippen molar-refractivity contribution in [2.75, 3.05) is 18.5 Å². The molecule has 0 N–H and O–H groups in total. The van der Waals surface area contributed by atoms with Gasteiger partial charge in [0, 0.05) is 19.3 Å². The Bertz CT molecular complexity index is 1060. The van der Waals surface area contributed by atoms with E-state index in [4.69, 9.17) is 0 Å². The quantitative estimate of drug-likeness (QED) is 0.595. The minimum absolute atomic E-state index is 0.0497. The zero-order chi connectivity index (χ0) is 20.9. The number of nitrogens with zero attached hydrogens (tertiary/aromatic N) is 2. The molecule has 29 heavy (non-hydrogen) atoms. The van der Waals surface area contributed by atoms with Crippen LogP contribution in [0.15, 0.2) is 89.8 Å². The van der Waals surface area contributed by atoms with Gasteiger partial charge in [-0.2, -0.15) is 4.31 Å². The van der Waals surface area contributed by atoms with E-state index in [1.807, 2.05) is 6.07 Å². The Hall–Kier alpha value is -3.03. The molecule has 3 aromatic carbocycles. The molecule has 0 aliphatic heterocycles. The Labute approximate surface area is 170 Å². The first-order valence-electron chi connectivity index (χ1n) is 8.99. The van der Waals surface area contributed by atoms with Crippen LogP contribution < -0.4 is 4.90 Å². The van der Waals surface area contributed by atoms with Gasteiger partial charge in [0.1, 0.15) is 5.82 Å². The second kappa shape index (κ2) is 8.98. The summed E-state index contributed by atoms with van der Waals surface area (Å²) in [5.74, 6) is -0.788. The highest BCUT2D eigenvalue weighted by Gasteiger charge is 2.28. The molecule has 0 spiro atoms. The van der Waals surface area contributed by atoms with Gasteiger partial charge in [-0.25, -0.2) is 12.8 Å². The molecule has 0 unspecified atom stereocenters. The lowest BCUT2D eigenvalue weighted by molar-refractivity contribution is -0.118. The van der Waals surface area contributed by atoms with Crippen molar-refractivity contribution in [3.63, 3.8) is 0 Å². The Kier molecular flexibility index (Phi) is 6.41. The molecule has 0 fully saturated rings. The highest BCUT2D eigenvalue weighted by Crippen LogP contribution is 2.20. The van der Waals surface area contributed by atoms with Gasteiger partial charge < -0.3 is 4.90 Å². The number of para-hydroxylation sites is 1. The fraction of sp³-hybridized carbons (Fsp3) is 0.136. The first kappa shape index (κ1) is 20.7. The SMILES string of the molecule is CN(C(=O)CN(Cc1ccc(F)cc1)S(=O)(=O)c1ccccc1)c1ccccc1. The van der Waals surface area contributed by atoms with Crippen molar-refractivity contribution in [2.45, 2.75) is 11.4 Å². The highest BCUT2D eigenvalue weighted by molar-refractivity contribution is 7.89. The van der Waals surface area contributed by atoms with E-state index in [1.54, 1.807) is 49.5 Å². The predicted octanol–water partition coefficient (Wildman–Crippen LogP) is 3.68. The standard InChI is InChI=1S/C22H21FN2O3S/c1-24(20-8-4-2-5-9-20)22(26)17-25(16-18-12-14-19(23)15-13-18)29(27,28)21-10-6-3-7-11-21/h2-15H,16-17H2,1H3. The molecule has 0 saturated heterocycles. The smallest absolute Gasteiger partial charge is 0.243 e. The van der Waals surface area contributed by atoms with Crippen LogP contribution in [0.25, 0.3) is 0 Å². The van der Waals surface area contributed by atoms with Crippen molar-refractivity contribution in [1.29, 1.82) is 0 Å². The van der Waals surface area contributed by atoms with Crippen LogP contribution in [0.4, 0.5) is 10.1 Å². The molecule has 0 aliphatic rings. The lowest BCUT2D eigenvalue weighted by Gasteiger charge is -2.25. The second-order valence-corrected chi connectivity index (χ2v) is 8.44. The fourth-order valence-corrected chi connectivity index (χ4v) is 4.21. The summed E-state index contributed by atoms with van der Waals surface area (Å²) in [7, 11) is -2.33. The summed E-state index contributed by atoms with van der Waals surface area (Å²) in [6.07, 6.45) is 0. The molecule has 0 bridgehead atoms. The van der Waals surface area contributed by atoms with Crippen LogP contribution in [0.2, 0.25) is 0 Å². The summed E-state index contributed by atoms with van der Waals surface area (Å²) in [4.78, 5) is 14.3. The molecule has 5 nitrogen and oxygen atoms in total. The van der Waals surface area contributed by atoms with E-state index >= 15 is 0 Å². The van der Waals surface area contributed by atoms with Gasteiger partial charge in [-0.3, -0.25) is 4.79 Å². The van der Waals surface area contributed by atoms with Crippen LogP contribution in [0, 0.1) is 5.82 Å². The molecule has 150 valence electrons. The van der Waals surface area contributed by atoms with Crippen LogP contribution in [-0.2, 0) is 21.4 Å². The van der Waals surface area contributed by atoms with Gasteiger partial charge in [0.25, 0.3) is 0 Å². The van der Waals surface area contributed by atoms with Gasteiger partial charge in [0.05, 0.1) is 11.4 Å². The molecular weight excluding hydrogens is 391 g/mol. The van der Waals surface area contributed by atoms with Crippen LogP contribution in [-0.4, -0.2) is 32.2 Å². The summed E-state index contributed by atoms with van der Waals surface area (Å²) in [5, 5.41) is 0. The Morgan fingerprint density at radius 3 is 2.00 bits per heavy atom. The summed E-state index contributed by atoms with van der Waals surface area (Å²) < 4.78 is 40.7. The Balaban J connectivity index is 1.90. The maximum atomic E-state index is 13.2. The third-order valence-electron chi connectivity index (χ3n) is 4.48. The maximum Gasteiger partial charge on any atom is 0.243 e. The van der Waals surface area contributed by atoms with E-state index in [0.29, 0.717) is 11.3 Å². The molecule has 0 aliphatic carbocycles. The molecular formula is C22H21FN2O3S. The van der Waals surface area contributed by atoms with Crippen molar-refractivity contribution in [2.24, 2.45) is 0 Å². The number of benzene rings is 3. The van der Waals surface area contributed by atoms with E-state index in [-0.39, 0.29) is 23.9 Å². The van der Waals surface area contributed by atoms with Gasteiger partial charge in [-0.05, 0) is 42.0 Å². The molecule has 0 aromatic heterocycles. The van der Waals surface area contributed by atoms with Gasteiger partial charge in [0.2, 0.25) is 15.9 Å². The number of anilines is 1. The molecule has 0 radical (unpaired) electrons. The van der Waals surface area contributed by atoms with Crippen molar-refractivity contribution in [1.82, 2.24) is 4.31 Å². The number of carbonyl (C=O) groups is 1. The monoisotopic (exact) mass is 412 g/mol. The van der Waals surface area contributed by atoms with Crippen LogP contribution >= 0.6 is 0 Å². The topological polar surface area (TPSA) is 57.7 Å². The first-order chi connectivity index (χ1) is 13.9. The third kappa shape index (κ3) is 5.07. The number of hydrogen-bond donors (Lipinski definition) is 0. The van der Waals surface area contributed by atoms with E-state index < -0.39 is 15.8 Å². The van der Waals surface area contributed by atoms with E-state index in [9.17, 15) is 17.6 Å². The molecule has 0 saturated carbocycles. The Morgan fingerprint density at radius 2 is 1.41 bits per heavy atom. The summed E-state index contributed by atoms with van der Waals surface area (Å²) in [5.41, 5.74) is 1.25. The average molecular weight is 412 g/mol. The highest BCUT2D eigenvalue weighted by atomic mass is 32.2. The molecule has 3 rings (SSSR count). The molecule has 1 amide bonds. The average Bonchev–Trinajstić information content (AvgIpc) is 2.75. The summed E-state index contributed by atoms with van der Waals surface area (Å²) in [6.45, 7) is -0.397. The van der Waals surface area contributed by atoms with Gasteiger partial charge in [0.15, 0.2) is 0 Å². The molecule has 7 heteroatoms. The summed E-state index contributed by atoms with van der Waals surface area (Å²) >= 11 is 0. The van der Waals surface area contributed by atoms with E-state index in [1.165, 1.54) is 41.3 Å². The normalized spacial score (nSPS) is 11.4. The largest absolute Gasteiger partial charge is 0.314 e. The number of rotatable bonds is 7. The number of amides is 1. The number of likely N-dealkylation sites (N-methyl/N-ethyl adjacent to an activating group) is 1. The van der Waals surface area contributed by atoms with Crippen LogP contribution in [0.1, 0.15) is 5.56 Å². The number of sulfonamides is 1. The minimum Gasteiger partial charge on any atom is -0.314 e. The maximum absolute atomic E-state index is 13.2. The minimum atomic E-state index is -3.93. The van der Waals surface area contributed by atoms with Gasteiger partial charge >= 0.3 is 0 Å². The number of hydrogen-bond acceptors (Lipinski definition) is 3.